The van der Waals surface area contributed by atoms with Crippen molar-refractivity contribution in [3.05, 3.63) is 11.6 Å². The maximum Gasteiger partial charge on any atom is 0.291 e. The van der Waals surface area contributed by atoms with Crippen LogP contribution in [-0.4, -0.2) is 40.1 Å². The van der Waals surface area contributed by atoms with E-state index in [0.717, 1.165) is 6.42 Å². The van der Waals surface area contributed by atoms with Crippen LogP contribution in [0.1, 0.15) is 29.8 Å². The van der Waals surface area contributed by atoms with Crippen LogP contribution in [0.15, 0.2) is 0 Å². The zero-order valence-corrected chi connectivity index (χ0v) is 9.33. The highest BCUT2D eigenvalue weighted by molar-refractivity contribution is 5.93. The molecule has 0 bridgehead atoms. The van der Waals surface area contributed by atoms with Gasteiger partial charge in [0.25, 0.3) is 5.91 Å². The van der Waals surface area contributed by atoms with Crippen molar-refractivity contribution in [3.8, 4) is 0 Å². The minimum Gasteiger partial charge on any atom is -0.355 e. The monoisotopic (exact) mass is 225 g/mol. The number of aromatic nitrogens is 3. The first-order chi connectivity index (χ1) is 7.63. The van der Waals surface area contributed by atoms with Gasteiger partial charge < -0.3 is 10.6 Å². The van der Waals surface area contributed by atoms with Crippen molar-refractivity contribution in [2.45, 2.75) is 20.3 Å². The Morgan fingerprint density at radius 2 is 2.12 bits per heavy atom. The highest BCUT2D eigenvalue weighted by Gasteiger charge is 2.11. The molecule has 7 heteroatoms. The van der Waals surface area contributed by atoms with Gasteiger partial charge >= 0.3 is 0 Å². The number of aryl methyl sites for hydroxylation is 1. The summed E-state index contributed by atoms with van der Waals surface area (Å²) in [6.45, 7) is 4.19. The summed E-state index contributed by atoms with van der Waals surface area (Å²) in [6, 6.07) is 0. The molecular weight excluding hydrogens is 210 g/mol. The Morgan fingerprint density at radius 3 is 2.69 bits per heavy atom. The zero-order valence-electron chi connectivity index (χ0n) is 9.33. The molecule has 16 heavy (non-hydrogen) atoms. The van der Waals surface area contributed by atoms with E-state index in [9.17, 15) is 9.59 Å². The second-order valence-electron chi connectivity index (χ2n) is 3.28. The summed E-state index contributed by atoms with van der Waals surface area (Å²) in [5.41, 5.74) is 0. The number of carbonyl (C=O) groups is 2. The summed E-state index contributed by atoms with van der Waals surface area (Å²) < 4.78 is 0. The fourth-order valence-electron chi connectivity index (χ4n) is 1.01. The smallest absolute Gasteiger partial charge is 0.291 e. The third kappa shape index (κ3) is 3.68. The molecule has 7 nitrogen and oxygen atoms in total. The van der Waals surface area contributed by atoms with Gasteiger partial charge in [-0.3, -0.25) is 14.7 Å². The van der Waals surface area contributed by atoms with Gasteiger partial charge in [-0.1, -0.05) is 6.92 Å². The molecule has 1 aromatic rings. The lowest BCUT2D eigenvalue weighted by atomic mass is 10.4. The molecule has 3 N–H and O–H groups in total. The van der Waals surface area contributed by atoms with Crippen molar-refractivity contribution in [3.63, 3.8) is 0 Å². The van der Waals surface area contributed by atoms with Crippen LogP contribution < -0.4 is 10.6 Å². The second-order valence-corrected chi connectivity index (χ2v) is 3.28. The normalized spacial score (nSPS) is 9.88. The van der Waals surface area contributed by atoms with Crippen molar-refractivity contribution in [1.82, 2.24) is 25.8 Å². The summed E-state index contributed by atoms with van der Waals surface area (Å²) in [4.78, 5) is 26.4. The number of rotatable bonds is 5. The lowest BCUT2D eigenvalue weighted by Crippen LogP contribution is -2.37. The number of carbonyl (C=O) groups excluding carboxylic acids is 2. The molecule has 88 valence electrons. The molecular formula is C9H15N5O2. The number of H-pyrrole nitrogens is 1. The van der Waals surface area contributed by atoms with Crippen molar-refractivity contribution >= 4 is 11.8 Å². The van der Waals surface area contributed by atoms with E-state index in [4.69, 9.17) is 0 Å². The number of hydrogen-bond acceptors (Lipinski definition) is 4. The number of hydrogen-bond donors (Lipinski definition) is 3. The minimum atomic E-state index is -0.462. The minimum absolute atomic E-state index is 0.0424. The quantitative estimate of drug-likeness (QED) is 0.621. The van der Waals surface area contributed by atoms with E-state index >= 15 is 0 Å². The van der Waals surface area contributed by atoms with Crippen LogP contribution in [-0.2, 0) is 4.79 Å². The van der Waals surface area contributed by atoms with Gasteiger partial charge in [-0.25, -0.2) is 4.98 Å². The van der Waals surface area contributed by atoms with E-state index in [1.807, 2.05) is 6.92 Å². The van der Waals surface area contributed by atoms with Crippen molar-refractivity contribution in [1.29, 1.82) is 0 Å². The van der Waals surface area contributed by atoms with Gasteiger partial charge in [0.15, 0.2) is 0 Å². The predicted molar refractivity (Wildman–Crippen MR) is 56.8 cm³/mol. The molecule has 1 heterocycles. The van der Waals surface area contributed by atoms with E-state index < -0.39 is 5.91 Å². The zero-order chi connectivity index (χ0) is 12.0. The maximum atomic E-state index is 11.4. The van der Waals surface area contributed by atoms with E-state index in [2.05, 4.69) is 25.8 Å². The topological polar surface area (TPSA) is 99.8 Å². The third-order valence-corrected chi connectivity index (χ3v) is 1.78. The molecule has 0 atom stereocenters. The number of amides is 2. The molecule has 0 unspecified atom stereocenters. The fraction of sp³-hybridized carbons (Fsp3) is 0.556. The van der Waals surface area contributed by atoms with Crippen LogP contribution in [0.4, 0.5) is 0 Å². The number of nitrogens with zero attached hydrogens (tertiary/aromatic N) is 2. The SMILES string of the molecule is CCCNC(=O)CNC(=O)c1n[nH]c(C)n1. The standard InChI is InChI=1S/C9H15N5O2/c1-3-4-10-7(15)5-11-9(16)8-12-6(2)13-14-8/h3-5H2,1-2H3,(H,10,15)(H,11,16)(H,12,13,14). The van der Waals surface area contributed by atoms with Crippen LogP contribution in [0, 0.1) is 6.92 Å². The van der Waals surface area contributed by atoms with Crippen molar-refractivity contribution < 1.29 is 9.59 Å². The molecule has 0 aliphatic carbocycles. The van der Waals surface area contributed by atoms with Crippen molar-refractivity contribution in [2.24, 2.45) is 0 Å². The largest absolute Gasteiger partial charge is 0.355 e. The van der Waals surface area contributed by atoms with E-state index in [1.54, 1.807) is 6.92 Å². The molecule has 0 radical (unpaired) electrons. The van der Waals surface area contributed by atoms with Crippen LogP contribution in [0.2, 0.25) is 0 Å². The summed E-state index contributed by atoms with van der Waals surface area (Å²) in [5.74, 6) is -0.0835. The Labute approximate surface area is 93.0 Å². The molecule has 1 rings (SSSR count). The van der Waals surface area contributed by atoms with Gasteiger partial charge in [-0.05, 0) is 13.3 Å². The third-order valence-electron chi connectivity index (χ3n) is 1.78. The molecule has 0 spiro atoms. The molecule has 0 aliphatic rings. The summed E-state index contributed by atoms with van der Waals surface area (Å²) in [5, 5.41) is 11.3. The lowest BCUT2D eigenvalue weighted by Gasteiger charge is -2.03. The maximum absolute atomic E-state index is 11.4. The van der Waals surface area contributed by atoms with Crippen LogP contribution in [0.3, 0.4) is 0 Å². The first-order valence-electron chi connectivity index (χ1n) is 5.07. The molecule has 0 aliphatic heterocycles. The Morgan fingerprint density at radius 1 is 1.38 bits per heavy atom. The highest BCUT2D eigenvalue weighted by Crippen LogP contribution is 1.89. The van der Waals surface area contributed by atoms with Gasteiger partial charge in [0.1, 0.15) is 5.82 Å². The molecule has 0 fully saturated rings. The summed E-state index contributed by atoms with van der Waals surface area (Å²) in [6.07, 6.45) is 0.861. The van der Waals surface area contributed by atoms with Gasteiger partial charge in [-0.2, -0.15) is 0 Å². The molecule has 0 aromatic carbocycles. The molecule has 0 saturated carbocycles. The van der Waals surface area contributed by atoms with E-state index in [-0.39, 0.29) is 18.3 Å². The first-order valence-corrected chi connectivity index (χ1v) is 5.07. The number of nitrogens with one attached hydrogen (secondary N) is 3. The van der Waals surface area contributed by atoms with Crippen molar-refractivity contribution in [2.75, 3.05) is 13.1 Å². The Bertz CT molecular complexity index is 374. The summed E-state index contributed by atoms with van der Waals surface area (Å²) >= 11 is 0. The van der Waals surface area contributed by atoms with E-state index in [0.29, 0.717) is 12.4 Å². The average molecular weight is 225 g/mol. The molecule has 2 amide bonds. The van der Waals surface area contributed by atoms with Gasteiger partial charge in [0, 0.05) is 6.54 Å². The first kappa shape index (κ1) is 12.2. The molecule has 1 aromatic heterocycles. The Kier molecular flexibility index (Phi) is 4.43. The highest BCUT2D eigenvalue weighted by atomic mass is 16.2. The predicted octanol–water partition coefficient (Wildman–Crippen LogP) is -0.631. The summed E-state index contributed by atoms with van der Waals surface area (Å²) in [7, 11) is 0. The Hall–Kier alpha value is -1.92. The van der Waals surface area contributed by atoms with Gasteiger partial charge in [0.2, 0.25) is 11.7 Å². The van der Waals surface area contributed by atoms with Gasteiger partial charge in [-0.15, -0.1) is 5.10 Å². The number of aromatic amines is 1. The molecule has 0 saturated heterocycles. The van der Waals surface area contributed by atoms with E-state index in [1.165, 1.54) is 0 Å². The Balaban J connectivity index is 2.33. The van der Waals surface area contributed by atoms with Crippen LogP contribution in [0.5, 0.6) is 0 Å². The van der Waals surface area contributed by atoms with Crippen LogP contribution >= 0.6 is 0 Å². The van der Waals surface area contributed by atoms with Gasteiger partial charge in [0.05, 0.1) is 6.54 Å². The second kappa shape index (κ2) is 5.84. The fourth-order valence-corrected chi connectivity index (χ4v) is 1.01. The van der Waals surface area contributed by atoms with Crippen LogP contribution in [0.25, 0.3) is 0 Å². The average Bonchev–Trinajstić information content (AvgIpc) is 2.69. The lowest BCUT2D eigenvalue weighted by molar-refractivity contribution is -0.120.